The number of hydrogen-bond donors (Lipinski definition) is 0. The highest BCUT2D eigenvalue weighted by atomic mass is 28.6. The molecule has 0 saturated carbocycles. The quantitative estimate of drug-likeness (QED) is 0.0951. The van der Waals surface area contributed by atoms with Gasteiger partial charge in [0.1, 0.15) is 0 Å². The highest BCUT2D eigenvalue weighted by Crippen LogP contribution is 2.47. The molecule has 0 radical (unpaired) electrons. The summed E-state index contributed by atoms with van der Waals surface area (Å²) in [5.74, 6) is 13.5. The molecule has 8 bridgehead atoms. The summed E-state index contributed by atoms with van der Waals surface area (Å²) in [6.45, 7) is 3.98. The summed E-state index contributed by atoms with van der Waals surface area (Å²) in [5, 5.41) is 5.10. The molecule has 114 heavy (non-hydrogen) atoms. The molecule has 14 nitrogen and oxygen atoms in total. The van der Waals surface area contributed by atoms with Crippen molar-refractivity contribution < 1.29 is 57.6 Å². The van der Waals surface area contributed by atoms with Crippen LogP contribution in [-0.2, 0) is 57.6 Å². The van der Waals surface area contributed by atoms with E-state index in [9.17, 15) is 0 Å². The van der Waals surface area contributed by atoms with Crippen molar-refractivity contribution in [1.29, 1.82) is 0 Å². The van der Waals surface area contributed by atoms with Crippen molar-refractivity contribution in [3.8, 4) is 23.7 Å². The Morgan fingerprint density at radius 1 is 0.132 bits per heavy atom. The Balaban J connectivity index is 0.000000718. The van der Waals surface area contributed by atoms with E-state index in [0.717, 1.165) is 22.3 Å². The van der Waals surface area contributed by atoms with Crippen molar-refractivity contribution in [1.82, 2.24) is 0 Å². The number of rotatable bonds is 10. The predicted molar refractivity (Wildman–Crippen MR) is 463 cm³/mol. The minimum atomic E-state index is -5.38. The molecule has 0 spiro atoms. The van der Waals surface area contributed by atoms with E-state index < -0.39 is 87.6 Å². The van der Waals surface area contributed by atoms with Gasteiger partial charge in [0.2, 0.25) is 0 Å². The summed E-state index contributed by atoms with van der Waals surface area (Å²) in [6.07, 6.45) is 0. The second-order valence-electron chi connectivity index (χ2n) is 27.4. The Labute approximate surface area is 675 Å². The molecular weight excluding hydrogens is 1590 g/mol. The molecular formula is C90H76O14Si10. The summed E-state index contributed by atoms with van der Waals surface area (Å²) in [7, 11) is -51.5. The Kier molecular flexibility index (Phi) is 22.1. The molecule has 14 aromatic rings. The first kappa shape index (κ1) is 76.4. The fourth-order valence-electron chi connectivity index (χ4n) is 13.9. The van der Waals surface area contributed by atoms with Gasteiger partial charge in [-0.3, -0.25) is 0 Å². The molecule has 0 unspecified atom stereocenters. The van der Waals surface area contributed by atoms with Crippen molar-refractivity contribution in [2.24, 2.45) is 0 Å². The van der Waals surface area contributed by atoms with Crippen LogP contribution in [0.25, 0.3) is 0 Å². The van der Waals surface area contributed by atoms with Gasteiger partial charge in [-0.15, -0.1) is 0 Å². The minimum Gasteiger partial charge on any atom is -0.387 e. The average molecular weight is 1660 g/mol. The minimum absolute atomic E-state index is 0.458. The van der Waals surface area contributed by atoms with Gasteiger partial charge in [-0.25, -0.2) is 0 Å². The SMILES string of the molecule is C[Si]1(c2ccc(C#Cc3ccccc3)cc2)O[Si]2(c3ccccc3)O[Si]3(c4ccccc4)O[Si]4(c5ccccc5)O[Si](C)(c5ccc(C#Cc6ccccc6)cc5)O[Si]5(c6ccccc6)O[Si](c6ccccc6)(O[Si](c6ccccc6)(O1)O[Si](c1ccccc1)(O5)O[Si](c1ccccc1)(O2)O4)O3.c1ccccc1.c1ccccc1. The molecule has 0 atom stereocenters. The molecule has 6 aliphatic rings. The molecule has 560 valence electrons. The third kappa shape index (κ3) is 15.8. The van der Waals surface area contributed by atoms with E-state index in [-0.39, 0.29) is 0 Å². The van der Waals surface area contributed by atoms with Crippen molar-refractivity contribution in [3.05, 3.63) is 447 Å². The largest absolute Gasteiger partial charge is 0.515 e. The molecule has 24 heteroatoms. The predicted octanol–water partition coefficient (Wildman–Crippen LogP) is 11.2. The zero-order chi connectivity index (χ0) is 77.3. The van der Waals surface area contributed by atoms with Crippen LogP contribution >= 0.6 is 0 Å². The Hall–Kier alpha value is -10.2. The van der Waals surface area contributed by atoms with Crippen LogP contribution in [-0.4, -0.2) is 87.6 Å². The summed E-state index contributed by atoms with van der Waals surface area (Å²) in [4.78, 5) is 0. The third-order valence-corrected chi connectivity index (χ3v) is 62.5. The van der Waals surface area contributed by atoms with Crippen molar-refractivity contribution in [2.45, 2.75) is 13.1 Å². The summed E-state index contributed by atoms with van der Waals surface area (Å²) in [6, 6.07) is 137. The smallest absolute Gasteiger partial charge is 0.387 e. The Morgan fingerprint density at radius 2 is 0.254 bits per heavy atom. The first-order valence-electron chi connectivity index (χ1n) is 37.5. The van der Waals surface area contributed by atoms with Gasteiger partial charge < -0.3 is 57.6 Å². The van der Waals surface area contributed by atoms with Crippen LogP contribution in [0.4, 0.5) is 0 Å². The van der Waals surface area contributed by atoms with Crippen LogP contribution in [0.1, 0.15) is 22.3 Å². The first-order valence-corrected chi connectivity index (χ1v) is 55.9. The fourth-order valence-corrected chi connectivity index (χ4v) is 69.9. The third-order valence-electron chi connectivity index (χ3n) is 19.4. The number of benzene rings is 14. The molecule has 6 saturated heterocycles. The second-order valence-corrected chi connectivity index (χ2v) is 57.3. The lowest BCUT2D eigenvalue weighted by Gasteiger charge is -2.60. The van der Waals surface area contributed by atoms with Gasteiger partial charge in [0.05, 0.1) is 0 Å². The number of fused-ring (bicyclic) bond motifs is 4. The lowest BCUT2D eigenvalue weighted by atomic mass is 10.2. The number of hydrogen-bond acceptors (Lipinski definition) is 14. The van der Waals surface area contributed by atoms with E-state index in [1.807, 2.05) is 438 Å². The molecule has 14 aromatic carbocycles. The van der Waals surface area contributed by atoms with Crippen LogP contribution in [0.5, 0.6) is 0 Å². The maximum Gasteiger partial charge on any atom is 0.515 e. The molecule has 0 N–H and O–H groups in total. The van der Waals surface area contributed by atoms with E-state index in [1.54, 1.807) is 0 Å². The average Bonchev–Trinajstić information content (AvgIpc) is 0.674. The molecule has 0 aliphatic carbocycles. The first-order chi connectivity index (χ1) is 55.9. The summed E-state index contributed by atoms with van der Waals surface area (Å²) in [5.41, 5.74) is 3.22. The standard InChI is InChI=1S/C78H64O14Si10.2C6H6/c1-93(69-61-57-67(58-62-69)55-53-65-33-13-3-14-34-65)79-95(71-37-17-5-18-38-71)83-99(75-45-25-9-26-46-75)87-97(73-41-21-7-22-42-73)81-94(2,70-63-59-68(60-64-70)56-54-66-35-15-4-16-36-66)82-98(74-43-23-8-24-44-74)89-101(91-99,77-49-29-11-30-50-77)85-96(80-93,72-39-19-6-20-40-72)86-102(90-98,78-51-31-12-32-52-78)92-100(84-95,88-97)76-47-27-10-28-48-76;2*1-2-4-6-5-3-1/h3-52,57-64H,1-2H3;2*1-6H. The topological polar surface area (TPSA) is 129 Å². The van der Waals surface area contributed by atoms with Crippen LogP contribution in [0.3, 0.4) is 0 Å². The fraction of sp³-hybridized carbons (Fsp3) is 0.0222. The zero-order valence-electron chi connectivity index (χ0n) is 62.1. The van der Waals surface area contributed by atoms with Gasteiger partial charge in [-0.05, 0) is 72.0 Å². The normalized spacial score (nSPS) is 27.1. The Bertz CT molecular complexity index is 5010. The maximum atomic E-state index is 8.78. The van der Waals surface area contributed by atoms with Gasteiger partial charge in [0.15, 0.2) is 0 Å². The van der Waals surface area contributed by atoms with Crippen LogP contribution in [0, 0.1) is 23.7 Å². The van der Waals surface area contributed by atoms with Crippen LogP contribution in [0.2, 0.25) is 13.1 Å². The lowest BCUT2D eigenvalue weighted by molar-refractivity contribution is 0.0273. The van der Waals surface area contributed by atoms with Crippen molar-refractivity contribution in [3.63, 3.8) is 0 Å². The highest BCUT2D eigenvalue weighted by molar-refractivity contribution is 7.14. The van der Waals surface area contributed by atoms with Crippen LogP contribution < -0.4 is 51.9 Å². The molecule has 6 aliphatic heterocycles. The maximum absolute atomic E-state index is 8.78. The lowest BCUT2D eigenvalue weighted by Crippen LogP contribution is -2.94. The van der Waals surface area contributed by atoms with E-state index in [1.165, 1.54) is 0 Å². The zero-order valence-corrected chi connectivity index (χ0v) is 72.1. The summed E-state index contributed by atoms with van der Waals surface area (Å²) >= 11 is 0. The van der Waals surface area contributed by atoms with E-state index in [2.05, 4.69) is 23.7 Å². The second kappa shape index (κ2) is 33.0. The van der Waals surface area contributed by atoms with Gasteiger partial charge in [0, 0.05) is 63.7 Å². The van der Waals surface area contributed by atoms with E-state index in [4.69, 9.17) is 57.6 Å². The van der Waals surface area contributed by atoms with Crippen LogP contribution in [0.15, 0.2) is 425 Å². The van der Waals surface area contributed by atoms with E-state index >= 15 is 0 Å². The molecule has 0 aromatic heterocycles. The van der Waals surface area contributed by atoms with Gasteiger partial charge in [-0.1, -0.05) is 400 Å². The summed E-state index contributed by atoms with van der Waals surface area (Å²) < 4.78 is 122. The Morgan fingerprint density at radius 3 is 0.412 bits per heavy atom. The van der Waals surface area contributed by atoms with E-state index in [0.29, 0.717) is 51.9 Å². The molecule has 0 amide bonds. The highest BCUT2D eigenvalue weighted by Gasteiger charge is 2.84. The molecule has 20 rings (SSSR count). The van der Waals surface area contributed by atoms with Crippen molar-refractivity contribution >= 4 is 139 Å². The van der Waals surface area contributed by atoms with Crippen molar-refractivity contribution in [2.75, 3.05) is 0 Å². The van der Waals surface area contributed by atoms with Gasteiger partial charge in [0.25, 0.3) is 0 Å². The van der Waals surface area contributed by atoms with Gasteiger partial charge in [-0.2, -0.15) is 0 Å². The monoisotopic (exact) mass is 1660 g/mol. The molecule has 6 heterocycles. The van der Waals surface area contributed by atoms with Gasteiger partial charge >= 0.3 is 87.6 Å². The molecule has 6 fully saturated rings.